The first kappa shape index (κ1) is 27.1. The molecule has 206 valence electrons. The molecular weight excluding hydrogens is 521 g/mol. The Bertz CT molecular complexity index is 1240. The lowest BCUT2D eigenvalue weighted by molar-refractivity contribution is -0.840. The Morgan fingerprint density at radius 3 is 2.33 bits per heavy atom. The highest BCUT2D eigenvalue weighted by Gasteiger charge is 2.77. The molecule has 2 amide bonds. The number of likely N-dealkylation sites (N-methyl/N-ethyl adjacent to an activating group) is 1. The minimum atomic E-state index is -2.58. The zero-order valence-corrected chi connectivity index (χ0v) is 22.9. The van der Waals surface area contributed by atoms with E-state index in [1.807, 2.05) is 51.2 Å². The molecule has 0 bridgehead atoms. The summed E-state index contributed by atoms with van der Waals surface area (Å²) in [6, 6.07) is 7.23. The van der Waals surface area contributed by atoms with Gasteiger partial charge in [-0.15, -0.1) is 11.8 Å². The van der Waals surface area contributed by atoms with Crippen LogP contribution < -0.4 is 10.6 Å². The summed E-state index contributed by atoms with van der Waals surface area (Å²) in [6.45, 7) is 1.38. The van der Waals surface area contributed by atoms with Crippen LogP contribution in [-0.4, -0.2) is 87.4 Å². The van der Waals surface area contributed by atoms with Gasteiger partial charge < -0.3 is 24.3 Å². The Morgan fingerprint density at radius 2 is 1.74 bits per heavy atom. The van der Waals surface area contributed by atoms with E-state index in [4.69, 9.17) is 9.31 Å². The summed E-state index contributed by atoms with van der Waals surface area (Å²) in [5.41, 5.74) is 0.918. The number of hydrogen-bond donors (Lipinski definition) is 2. The van der Waals surface area contributed by atoms with Crippen molar-refractivity contribution in [2.45, 2.75) is 50.8 Å². The molecule has 0 spiro atoms. The van der Waals surface area contributed by atoms with Crippen molar-refractivity contribution < 1.29 is 32.9 Å². The number of nitrogens with zero attached hydrogens (tertiary/aromatic N) is 3. The minimum absolute atomic E-state index is 0.0116. The first-order valence-corrected chi connectivity index (χ1v) is 14.3. The van der Waals surface area contributed by atoms with Crippen molar-refractivity contribution >= 4 is 42.2 Å². The molecule has 1 aromatic heterocycles. The van der Waals surface area contributed by atoms with Crippen molar-refractivity contribution in [1.29, 1.82) is 0 Å². The maximum absolute atomic E-state index is 13.9. The number of amides is 2. The van der Waals surface area contributed by atoms with Crippen LogP contribution in [0.15, 0.2) is 48.9 Å². The molecule has 39 heavy (non-hydrogen) atoms. The van der Waals surface area contributed by atoms with Gasteiger partial charge in [0.05, 0.1) is 23.6 Å². The van der Waals surface area contributed by atoms with E-state index in [1.165, 1.54) is 30.4 Å². The molecule has 0 radical (unpaired) electrons. The molecule has 3 saturated heterocycles. The van der Waals surface area contributed by atoms with Crippen molar-refractivity contribution in [3.8, 4) is 0 Å². The molecule has 1 aromatic carbocycles. The van der Waals surface area contributed by atoms with Crippen molar-refractivity contribution in [2.24, 2.45) is 5.92 Å². The summed E-state index contributed by atoms with van der Waals surface area (Å²) in [4.78, 5) is 61.0. The largest absolute Gasteiger partial charge is 0.605 e. The van der Waals surface area contributed by atoms with Crippen LogP contribution in [0.25, 0.3) is 0 Å². The molecule has 2 aromatic rings. The van der Waals surface area contributed by atoms with Gasteiger partial charge in [0.25, 0.3) is 5.91 Å². The average molecular weight is 553 g/mol. The second-order valence-corrected chi connectivity index (χ2v) is 12.0. The molecule has 0 unspecified atom stereocenters. The summed E-state index contributed by atoms with van der Waals surface area (Å²) >= 11 is 1.53. The summed E-state index contributed by atoms with van der Waals surface area (Å²) in [7, 11) is 1.83. The molecule has 11 nitrogen and oxygen atoms in total. The fourth-order valence-electron chi connectivity index (χ4n) is 6.05. The van der Waals surface area contributed by atoms with Gasteiger partial charge in [0.1, 0.15) is 11.7 Å². The highest BCUT2D eigenvalue weighted by Crippen LogP contribution is 2.48. The Labute approximate surface area is 231 Å². The van der Waals surface area contributed by atoms with Crippen LogP contribution in [0.5, 0.6) is 0 Å². The minimum Gasteiger partial charge on any atom is -0.599 e. The van der Waals surface area contributed by atoms with E-state index in [1.54, 1.807) is 0 Å². The van der Waals surface area contributed by atoms with E-state index in [9.17, 15) is 19.2 Å². The van der Waals surface area contributed by atoms with E-state index in [0.717, 1.165) is 5.56 Å². The second kappa shape index (κ2) is 10.6. The lowest BCUT2D eigenvalue weighted by atomic mass is 9.57. The Kier molecular flexibility index (Phi) is 7.38. The molecule has 5 rings (SSSR count). The van der Waals surface area contributed by atoms with Gasteiger partial charge in [-0.3, -0.25) is 14.6 Å². The molecular formula is C26H32BN5O6S. The van der Waals surface area contributed by atoms with Crippen LogP contribution in [-0.2, 0) is 30.1 Å². The Hall–Kier alpha value is -3.45. The number of nitrogens with one attached hydrogen (secondary N) is 2. The summed E-state index contributed by atoms with van der Waals surface area (Å²) in [5.74, 6) is -1.53. The van der Waals surface area contributed by atoms with Crippen molar-refractivity contribution in [3.63, 3.8) is 0 Å². The number of thioether (sulfide) groups is 1. The maximum atomic E-state index is 13.9. The highest BCUT2D eigenvalue weighted by atomic mass is 32.2. The van der Waals surface area contributed by atoms with Gasteiger partial charge in [-0.1, -0.05) is 44.2 Å². The van der Waals surface area contributed by atoms with Gasteiger partial charge in [-0.25, -0.2) is 14.6 Å². The smallest absolute Gasteiger partial charge is 0.599 e. The van der Waals surface area contributed by atoms with Gasteiger partial charge in [0.15, 0.2) is 12.1 Å². The average Bonchev–Trinajstić information content (AvgIpc) is 3.28. The molecule has 0 aliphatic carbocycles. The van der Waals surface area contributed by atoms with Crippen LogP contribution in [0.1, 0.15) is 36.3 Å². The zero-order chi connectivity index (χ0) is 27.8. The predicted octanol–water partition coefficient (Wildman–Crippen LogP) is 0.871. The van der Waals surface area contributed by atoms with E-state index in [-0.39, 0.29) is 22.4 Å². The third-order valence-corrected chi connectivity index (χ3v) is 9.15. The third-order valence-electron chi connectivity index (χ3n) is 8.05. The highest BCUT2D eigenvalue weighted by molar-refractivity contribution is 7.99. The summed E-state index contributed by atoms with van der Waals surface area (Å²) in [6.07, 6.45) is 4.80. The lowest BCUT2D eigenvalue weighted by Crippen LogP contribution is -2.76. The van der Waals surface area contributed by atoms with E-state index < -0.39 is 54.5 Å². The Balaban J connectivity index is 1.46. The first-order valence-electron chi connectivity index (χ1n) is 13.1. The number of benzene rings is 1. The quantitative estimate of drug-likeness (QED) is 0.434. The number of carbonyl (C=O) groups excluding carboxylic acids is 4. The van der Waals surface area contributed by atoms with Crippen LogP contribution in [0.4, 0.5) is 0 Å². The van der Waals surface area contributed by atoms with Crippen molar-refractivity contribution in [1.82, 2.24) is 20.6 Å². The molecule has 3 aliphatic rings. The lowest BCUT2D eigenvalue weighted by Gasteiger charge is -2.51. The molecule has 2 N–H and O–H groups in total. The fraction of sp³-hybridized carbons (Fsp3) is 0.462. The van der Waals surface area contributed by atoms with Crippen molar-refractivity contribution in [3.05, 3.63) is 60.2 Å². The summed E-state index contributed by atoms with van der Waals surface area (Å²) < 4.78 is 12.0. The Morgan fingerprint density at radius 1 is 1.08 bits per heavy atom. The summed E-state index contributed by atoms with van der Waals surface area (Å²) in [5, 5.41) is 5.83. The number of quaternary nitrogens is 1. The first-order chi connectivity index (χ1) is 18.7. The van der Waals surface area contributed by atoms with Crippen LogP contribution >= 0.6 is 11.8 Å². The second-order valence-electron chi connectivity index (χ2n) is 10.9. The maximum Gasteiger partial charge on any atom is 0.605 e. The molecule has 0 saturated carbocycles. The number of aromatic nitrogens is 2. The molecule has 13 heteroatoms. The van der Waals surface area contributed by atoms with E-state index in [2.05, 4.69) is 20.6 Å². The molecule has 3 aliphatic heterocycles. The number of rotatable bonds is 9. The van der Waals surface area contributed by atoms with Crippen LogP contribution in [0, 0.1) is 5.92 Å². The standard InChI is InChI=1S/C26H32BN5O6S/c1-16(2)11-22(27-32(3)20(25(35)37-27)14-39-15-21(32)26(36)38-27)31-23(33)18(12-17-7-5-4-6-8-17)30-24(34)19-13-28-9-10-29-19/h4-10,13,16,18,20-22H,11-12,14-15H2,1-3H3,(H,30,34)(H,31,33)/t18-,20-,21-,22-,27?,32?/m0/s1. The van der Waals surface area contributed by atoms with Gasteiger partial charge in [0.2, 0.25) is 5.91 Å². The van der Waals surface area contributed by atoms with Gasteiger partial charge >= 0.3 is 18.6 Å². The van der Waals surface area contributed by atoms with Crippen LogP contribution in [0.3, 0.4) is 0 Å². The monoisotopic (exact) mass is 553 g/mol. The number of hydrogen-bond acceptors (Lipinski definition) is 9. The molecule has 4 atom stereocenters. The third kappa shape index (κ3) is 4.78. The molecule has 4 heterocycles. The van der Waals surface area contributed by atoms with Gasteiger partial charge in [0, 0.05) is 25.9 Å². The normalized spacial score (nSPS) is 28.7. The van der Waals surface area contributed by atoms with E-state index >= 15 is 0 Å². The SMILES string of the molecule is CC(C)C[C@H](NC(=O)[C@H](Cc1ccccc1)NC(=O)c1cnccn1)[B-]12OC(=O)[C@@H]3CSC[C@@H](C(=O)O1)[N+]32C. The molecule has 3 fully saturated rings. The predicted molar refractivity (Wildman–Crippen MR) is 144 cm³/mol. The zero-order valence-electron chi connectivity index (χ0n) is 22.1. The van der Waals surface area contributed by atoms with Gasteiger partial charge in [-0.05, 0) is 17.9 Å². The van der Waals surface area contributed by atoms with Gasteiger partial charge in [-0.2, -0.15) is 0 Å². The fourth-order valence-corrected chi connectivity index (χ4v) is 7.55. The topological polar surface area (TPSA) is 137 Å². The van der Waals surface area contributed by atoms with Crippen LogP contribution in [0.2, 0.25) is 0 Å². The number of carbonyl (C=O) groups is 4. The van der Waals surface area contributed by atoms with E-state index in [0.29, 0.717) is 17.9 Å². The van der Waals surface area contributed by atoms with Crippen molar-refractivity contribution in [2.75, 3.05) is 18.6 Å².